The van der Waals surface area contributed by atoms with Gasteiger partial charge in [0.15, 0.2) is 16.1 Å². The molecule has 0 N–H and O–H groups in total. The van der Waals surface area contributed by atoms with Crippen LogP contribution in [0.25, 0.3) is 11.0 Å². The fourth-order valence-electron chi connectivity index (χ4n) is 1.34. The van der Waals surface area contributed by atoms with Crippen molar-refractivity contribution in [3.8, 4) is 5.75 Å². The van der Waals surface area contributed by atoms with E-state index in [2.05, 4.69) is 9.97 Å². The van der Waals surface area contributed by atoms with Gasteiger partial charge in [0, 0.05) is 12.1 Å². The molecule has 0 bridgehead atoms. The molecule has 6 nitrogen and oxygen atoms in total. The minimum absolute atomic E-state index is 0.00127. The van der Waals surface area contributed by atoms with Gasteiger partial charge in [0.25, 0.3) is 0 Å². The Morgan fingerprint density at radius 1 is 1.24 bits per heavy atom. The third kappa shape index (κ3) is 2.09. The van der Waals surface area contributed by atoms with Crippen LogP contribution in [-0.2, 0) is 0 Å². The van der Waals surface area contributed by atoms with Gasteiger partial charge in [0.05, 0.1) is 23.1 Å². The molecule has 0 radical (unpaired) electrons. The summed E-state index contributed by atoms with van der Waals surface area (Å²) in [6.45, 7) is 0. The second-order valence-corrected chi connectivity index (χ2v) is 3.79. The molecule has 2 rings (SSSR count). The molecule has 1 aromatic heterocycles. The molecule has 1 aromatic carbocycles. The largest absolute Gasteiger partial charge is 0.490 e. The maximum Gasteiger partial charge on any atom is 0.313 e. The average Bonchev–Trinajstić information content (AvgIpc) is 2.29. The lowest BCUT2D eigenvalue weighted by atomic mass is 10.2. The molecule has 0 fully saturated rings. The zero-order chi connectivity index (χ0) is 12.6. The zero-order valence-electron chi connectivity index (χ0n) is 8.48. The maximum absolute atomic E-state index is 10.8. The Balaban J connectivity index is 2.78. The van der Waals surface area contributed by atoms with Crippen LogP contribution in [0, 0.1) is 10.1 Å². The molecular formula is C9H5Cl2N3O3. The number of halogens is 2. The van der Waals surface area contributed by atoms with Gasteiger partial charge >= 0.3 is 5.69 Å². The van der Waals surface area contributed by atoms with Crippen molar-refractivity contribution < 1.29 is 9.66 Å². The molecule has 2 aromatic rings. The van der Waals surface area contributed by atoms with E-state index in [0.717, 1.165) is 0 Å². The van der Waals surface area contributed by atoms with E-state index in [1.807, 2.05) is 0 Å². The fraction of sp³-hybridized carbons (Fsp3) is 0.111. The van der Waals surface area contributed by atoms with E-state index in [1.165, 1.54) is 19.2 Å². The normalized spacial score (nSPS) is 10.5. The molecule has 0 spiro atoms. The summed E-state index contributed by atoms with van der Waals surface area (Å²) in [5, 5.41) is 10.8. The second-order valence-electron chi connectivity index (χ2n) is 3.08. The molecule has 0 aliphatic heterocycles. The second kappa shape index (κ2) is 4.31. The first kappa shape index (κ1) is 11.8. The first-order valence-electron chi connectivity index (χ1n) is 4.38. The maximum atomic E-state index is 10.8. The summed E-state index contributed by atoms with van der Waals surface area (Å²) < 4.78 is 4.90. The average molecular weight is 274 g/mol. The van der Waals surface area contributed by atoms with Gasteiger partial charge in [-0.25, -0.2) is 9.97 Å². The molecular weight excluding hydrogens is 269 g/mol. The minimum Gasteiger partial charge on any atom is -0.490 e. The number of hydrogen-bond acceptors (Lipinski definition) is 5. The Morgan fingerprint density at radius 3 is 2.24 bits per heavy atom. The monoisotopic (exact) mass is 273 g/mol. The molecule has 17 heavy (non-hydrogen) atoms. The molecule has 0 unspecified atom stereocenters. The molecule has 0 saturated heterocycles. The Kier molecular flexibility index (Phi) is 2.99. The first-order chi connectivity index (χ1) is 8.02. The van der Waals surface area contributed by atoms with Gasteiger partial charge in [-0.2, -0.15) is 0 Å². The zero-order valence-corrected chi connectivity index (χ0v) is 9.99. The number of fused-ring (bicyclic) bond motifs is 1. The molecule has 1 heterocycles. The molecule has 0 saturated carbocycles. The van der Waals surface area contributed by atoms with Crippen LogP contribution in [0.2, 0.25) is 10.3 Å². The van der Waals surface area contributed by atoms with Crippen LogP contribution in [0.1, 0.15) is 0 Å². The number of nitrogens with zero attached hydrogens (tertiary/aromatic N) is 3. The van der Waals surface area contributed by atoms with Crippen LogP contribution in [0.4, 0.5) is 5.69 Å². The van der Waals surface area contributed by atoms with E-state index in [4.69, 9.17) is 27.9 Å². The number of nitro benzene ring substituents is 1. The van der Waals surface area contributed by atoms with Gasteiger partial charge in [0.2, 0.25) is 0 Å². The number of aromatic nitrogens is 2. The molecule has 8 heteroatoms. The number of methoxy groups -OCH3 is 1. The van der Waals surface area contributed by atoms with Crippen molar-refractivity contribution in [1.29, 1.82) is 0 Å². The highest BCUT2D eigenvalue weighted by Crippen LogP contribution is 2.32. The first-order valence-corrected chi connectivity index (χ1v) is 5.13. The third-order valence-electron chi connectivity index (χ3n) is 2.08. The highest BCUT2D eigenvalue weighted by molar-refractivity contribution is 6.40. The Morgan fingerprint density at radius 2 is 1.76 bits per heavy atom. The lowest BCUT2D eigenvalue weighted by Crippen LogP contribution is -1.96. The number of rotatable bonds is 2. The van der Waals surface area contributed by atoms with Crippen molar-refractivity contribution in [2.24, 2.45) is 0 Å². The van der Waals surface area contributed by atoms with Gasteiger partial charge < -0.3 is 4.74 Å². The van der Waals surface area contributed by atoms with Gasteiger partial charge in [-0.1, -0.05) is 23.2 Å². The highest BCUT2D eigenvalue weighted by Gasteiger charge is 2.18. The van der Waals surface area contributed by atoms with E-state index >= 15 is 0 Å². The topological polar surface area (TPSA) is 78.2 Å². The van der Waals surface area contributed by atoms with Crippen LogP contribution in [0.15, 0.2) is 12.1 Å². The van der Waals surface area contributed by atoms with Crippen molar-refractivity contribution in [2.45, 2.75) is 0 Å². The number of ether oxygens (including phenoxy) is 1. The molecule has 0 atom stereocenters. The standard InChI is InChI=1S/C9H5Cl2N3O3/c1-17-7-3-5-4(2-6(7)14(15)16)12-8(10)9(11)13-5/h2-3H,1H3. The van der Waals surface area contributed by atoms with Crippen LogP contribution in [-0.4, -0.2) is 22.0 Å². The van der Waals surface area contributed by atoms with Gasteiger partial charge in [-0.05, 0) is 0 Å². The van der Waals surface area contributed by atoms with Gasteiger partial charge in [-0.3, -0.25) is 10.1 Å². The molecule has 0 aliphatic carbocycles. The van der Waals surface area contributed by atoms with Crippen LogP contribution in [0.5, 0.6) is 5.75 Å². The van der Waals surface area contributed by atoms with Crippen LogP contribution in [0.3, 0.4) is 0 Å². The summed E-state index contributed by atoms with van der Waals surface area (Å²) >= 11 is 11.4. The Bertz CT molecular complexity index is 618. The SMILES string of the molecule is COc1cc2nc(Cl)c(Cl)nc2cc1[N+](=O)[O-]. The lowest BCUT2D eigenvalue weighted by Gasteiger charge is -2.04. The number of benzene rings is 1. The van der Waals surface area contributed by atoms with Gasteiger partial charge in [0.1, 0.15) is 0 Å². The van der Waals surface area contributed by atoms with Crippen molar-refractivity contribution >= 4 is 39.9 Å². The molecule has 0 aliphatic rings. The van der Waals surface area contributed by atoms with E-state index in [1.54, 1.807) is 0 Å². The summed E-state index contributed by atoms with van der Waals surface area (Å²) in [6.07, 6.45) is 0. The van der Waals surface area contributed by atoms with E-state index in [-0.39, 0.29) is 27.3 Å². The predicted octanol–water partition coefficient (Wildman–Crippen LogP) is 2.85. The third-order valence-corrected chi connectivity index (χ3v) is 2.70. The van der Waals surface area contributed by atoms with E-state index in [0.29, 0.717) is 5.52 Å². The van der Waals surface area contributed by atoms with Crippen molar-refractivity contribution in [3.05, 3.63) is 32.6 Å². The van der Waals surface area contributed by atoms with Crippen LogP contribution >= 0.6 is 23.2 Å². The summed E-state index contributed by atoms with van der Waals surface area (Å²) in [5.41, 5.74) is 0.460. The predicted molar refractivity (Wildman–Crippen MR) is 62.8 cm³/mol. The van der Waals surface area contributed by atoms with Crippen molar-refractivity contribution in [3.63, 3.8) is 0 Å². The number of hydrogen-bond donors (Lipinski definition) is 0. The summed E-state index contributed by atoms with van der Waals surface area (Å²) in [4.78, 5) is 18.1. The Labute approximate surface area is 105 Å². The smallest absolute Gasteiger partial charge is 0.313 e. The molecule has 88 valence electrons. The Hall–Kier alpha value is -1.66. The van der Waals surface area contributed by atoms with E-state index in [9.17, 15) is 10.1 Å². The van der Waals surface area contributed by atoms with Gasteiger partial charge in [-0.15, -0.1) is 0 Å². The van der Waals surface area contributed by atoms with Crippen molar-refractivity contribution in [1.82, 2.24) is 9.97 Å². The summed E-state index contributed by atoms with van der Waals surface area (Å²) in [6, 6.07) is 2.63. The molecule has 0 amide bonds. The lowest BCUT2D eigenvalue weighted by molar-refractivity contribution is -0.385. The highest BCUT2D eigenvalue weighted by atomic mass is 35.5. The van der Waals surface area contributed by atoms with E-state index < -0.39 is 4.92 Å². The van der Waals surface area contributed by atoms with Crippen LogP contribution < -0.4 is 4.74 Å². The number of nitro groups is 1. The summed E-state index contributed by atoms with van der Waals surface area (Å²) in [7, 11) is 1.33. The minimum atomic E-state index is -0.567. The fourth-order valence-corrected chi connectivity index (χ4v) is 1.60. The van der Waals surface area contributed by atoms with Crippen molar-refractivity contribution in [2.75, 3.05) is 7.11 Å². The quantitative estimate of drug-likeness (QED) is 0.621. The summed E-state index contributed by atoms with van der Waals surface area (Å²) in [5.74, 6) is 0.0928.